The number of rotatable bonds is 6. The molecular formula is C11H20N2O. The van der Waals surface area contributed by atoms with Crippen LogP contribution in [0.15, 0.2) is 0 Å². The minimum atomic E-state index is -0.0000926. The molecule has 0 aromatic heterocycles. The van der Waals surface area contributed by atoms with Crippen molar-refractivity contribution < 1.29 is 4.79 Å². The zero-order valence-electron chi connectivity index (χ0n) is 9.34. The largest absolute Gasteiger partial charge is 0.331 e. The van der Waals surface area contributed by atoms with E-state index in [1.54, 1.807) is 4.90 Å². The molecule has 0 bridgehead atoms. The number of nitrogens with one attached hydrogen (secondary N) is 1. The van der Waals surface area contributed by atoms with Gasteiger partial charge >= 0.3 is 0 Å². The van der Waals surface area contributed by atoms with Gasteiger partial charge in [-0.2, -0.15) is 0 Å². The lowest BCUT2D eigenvalue weighted by Crippen LogP contribution is -2.39. The third-order valence-electron chi connectivity index (χ3n) is 2.02. The normalized spacial score (nSPS) is 11.9. The lowest BCUT2D eigenvalue weighted by atomic mass is 10.1. The van der Waals surface area contributed by atoms with E-state index in [0.29, 0.717) is 13.1 Å². The van der Waals surface area contributed by atoms with E-state index in [9.17, 15) is 4.79 Å². The molecule has 0 aromatic rings. The summed E-state index contributed by atoms with van der Waals surface area (Å²) < 4.78 is 0. The molecule has 0 fully saturated rings. The standard InChI is InChI=1S/C11H20N2O/c1-5-7-13(8-6-2)11(14)10(3)9-12-4/h1,10,12H,6-9H2,2-4H3. The Kier molecular flexibility index (Phi) is 6.87. The summed E-state index contributed by atoms with van der Waals surface area (Å²) in [6.07, 6.45) is 6.16. The zero-order chi connectivity index (χ0) is 11.0. The number of terminal acetylenes is 1. The van der Waals surface area contributed by atoms with Crippen LogP contribution >= 0.6 is 0 Å². The monoisotopic (exact) mass is 196 g/mol. The van der Waals surface area contributed by atoms with Gasteiger partial charge < -0.3 is 10.2 Å². The van der Waals surface area contributed by atoms with Crippen molar-refractivity contribution in [3.05, 3.63) is 0 Å². The fourth-order valence-corrected chi connectivity index (χ4v) is 1.35. The second-order valence-corrected chi connectivity index (χ2v) is 3.42. The quantitative estimate of drug-likeness (QED) is 0.635. The summed E-state index contributed by atoms with van der Waals surface area (Å²) >= 11 is 0. The summed E-state index contributed by atoms with van der Waals surface area (Å²) in [4.78, 5) is 13.5. The van der Waals surface area contributed by atoms with Crippen molar-refractivity contribution in [3.8, 4) is 12.3 Å². The molecule has 3 nitrogen and oxygen atoms in total. The minimum Gasteiger partial charge on any atom is -0.331 e. The molecule has 0 aliphatic heterocycles. The number of hydrogen-bond acceptors (Lipinski definition) is 2. The van der Waals surface area contributed by atoms with Crippen LogP contribution in [0.5, 0.6) is 0 Å². The molecule has 14 heavy (non-hydrogen) atoms. The van der Waals surface area contributed by atoms with Crippen molar-refractivity contribution in [1.82, 2.24) is 10.2 Å². The third-order valence-corrected chi connectivity index (χ3v) is 2.02. The Bertz CT molecular complexity index is 208. The molecule has 0 saturated heterocycles. The second-order valence-electron chi connectivity index (χ2n) is 3.42. The van der Waals surface area contributed by atoms with Gasteiger partial charge in [0.1, 0.15) is 0 Å². The highest BCUT2D eigenvalue weighted by atomic mass is 16.2. The Hall–Kier alpha value is -1.01. The third kappa shape index (κ3) is 4.29. The molecule has 0 saturated carbocycles. The Morgan fingerprint density at radius 3 is 2.71 bits per heavy atom. The highest BCUT2D eigenvalue weighted by Crippen LogP contribution is 2.02. The van der Waals surface area contributed by atoms with Crippen molar-refractivity contribution in [3.63, 3.8) is 0 Å². The van der Waals surface area contributed by atoms with Crippen LogP contribution in [0, 0.1) is 18.3 Å². The number of carbonyl (C=O) groups is 1. The smallest absolute Gasteiger partial charge is 0.227 e. The van der Waals surface area contributed by atoms with E-state index in [2.05, 4.69) is 11.2 Å². The van der Waals surface area contributed by atoms with Crippen LogP contribution in [0.3, 0.4) is 0 Å². The second kappa shape index (κ2) is 7.40. The maximum absolute atomic E-state index is 11.8. The lowest BCUT2D eigenvalue weighted by Gasteiger charge is -2.23. The van der Waals surface area contributed by atoms with Gasteiger partial charge in [-0.1, -0.05) is 19.8 Å². The van der Waals surface area contributed by atoms with Gasteiger partial charge in [0, 0.05) is 19.0 Å². The molecular weight excluding hydrogens is 176 g/mol. The molecule has 3 heteroatoms. The van der Waals surface area contributed by atoms with E-state index in [0.717, 1.165) is 13.0 Å². The maximum Gasteiger partial charge on any atom is 0.227 e. The Labute approximate surface area is 86.9 Å². The molecule has 80 valence electrons. The summed E-state index contributed by atoms with van der Waals surface area (Å²) in [5, 5.41) is 2.99. The lowest BCUT2D eigenvalue weighted by molar-refractivity contribution is -0.134. The fraction of sp³-hybridized carbons (Fsp3) is 0.727. The average Bonchev–Trinajstić information content (AvgIpc) is 2.17. The number of hydrogen-bond donors (Lipinski definition) is 1. The van der Waals surface area contributed by atoms with Gasteiger partial charge in [-0.05, 0) is 13.5 Å². The highest BCUT2D eigenvalue weighted by molar-refractivity contribution is 5.79. The van der Waals surface area contributed by atoms with Crippen molar-refractivity contribution in [1.29, 1.82) is 0 Å². The van der Waals surface area contributed by atoms with Crippen LogP contribution in [0.1, 0.15) is 20.3 Å². The number of carbonyl (C=O) groups excluding carboxylic acids is 1. The van der Waals surface area contributed by atoms with Gasteiger partial charge in [0.15, 0.2) is 0 Å². The molecule has 1 unspecified atom stereocenters. The first-order chi connectivity index (χ1) is 6.67. The molecule has 0 aliphatic rings. The van der Waals surface area contributed by atoms with E-state index < -0.39 is 0 Å². The molecule has 0 radical (unpaired) electrons. The fourth-order valence-electron chi connectivity index (χ4n) is 1.35. The molecule has 0 spiro atoms. The molecule has 1 amide bonds. The number of nitrogens with zero attached hydrogens (tertiary/aromatic N) is 1. The van der Waals surface area contributed by atoms with Gasteiger partial charge in [0.05, 0.1) is 6.54 Å². The topological polar surface area (TPSA) is 32.3 Å². The summed E-state index contributed by atoms with van der Waals surface area (Å²) in [5.74, 6) is 2.65. The first kappa shape index (κ1) is 13.0. The van der Waals surface area contributed by atoms with E-state index >= 15 is 0 Å². The minimum absolute atomic E-state index is 0.0000926. The van der Waals surface area contributed by atoms with Crippen LogP contribution in [0.25, 0.3) is 0 Å². The molecule has 0 aliphatic carbocycles. The maximum atomic E-state index is 11.8. The van der Waals surface area contributed by atoms with E-state index in [1.165, 1.54) is 0 Å². The van der Waals surface area contributed by atoms with E-state index in [1.807, 2.05) is 20.9 Å². The van der Waals surface area contributed by atoms with E-state index in [-0.39, 0.29) is 11.8 Å². The Balaban J connectivity index is 4.20. The molecule has 0 rings (SSSR count). The van der Waals surface area contributed by atoms with Gasteiger partial charge in [0.2, 0.25) is 5.91 Å². The molecule has 0 aromatic carbocycles. The van der Waals surface area contributed by atoms with Gasteiger partial charge in [0.25, 0.3) is 0 Å². The van der Waals surface area contributed by atoms with Crippen LogP contribution in [-0.4, -0.2) is 37.5 Å². The van der Waals surface area contributed by atoms with Gasteiger partial charge in [-0.15, -0.1) is 6.42 Å². The average molecular weight is 196 g/mol. The predicted octanol–water partition coefficient (Wildman–Crippen LogP) is 0.714. The van der Waals surface area contributed by atoms with Crippen LogP contribution in [0.2, 0.25) is 0 Å². The number of amides is 1. The highest BCUT2D eigenvalue weighted by Gasteiger charge is 2.17. The Morgan fingerprint density at radius 2 is 2.29 bits per heavy atom. The van der Waals surface area contributed by atoms with Crippen LogP contribution in [-0.2, 0) is 4.79 Å². The van der Waals surface area contributed by atoms with Crippen LogP contribution < -0.4 is 5.32 Å². The summed E-state index contributed by atoms with van der Waals surface area (Å²) in [6.45, 7) is 5.82. The molecule has 1 atom stereocenters. The molecule has 0 heterocycles. The van der Waals surface area contributed by atoms with Crippen molar-refractivity contribution >= 4 is 5.91 Å². The summed E-state index contributed by atoms with van der Waals surface area (Å²) in [7, 11) is 1.84. The van der Waals surface area contributed by atoms with Crippen LogP contribution in [0.4, 0.5) is 0 Å². The first-order valence-electron chi connectivity index (χ1n) is 5.04. The van der Waals surface area contributed by atoms with Crippen molar-refractivity contribution in [2.45, 2.75) is 20.3 Å². The summed E-state index contributed by atoms with van der Waals surface area (Å²) in [6, 6.07) is 0. The molecule has 1 N–H and O–H groups in total. The summed E-state index contributed by atoms with van der Waals surface area (Å²) in [5.41, 5.74) is 0. The van der Waals surface area contributed by atoms with Gasteiger partial charge in [-0.25, -0.2) is 0 Å². The van der Waals surface area contributed by atoms with E-state index in [4.69, 9.17) is 6.42 Å². The Morgan fingerprint density at radius 1 is 1.64 bits per heavy atom. The van der Waals surface area contributed by atoms with Crippen molar-refractivity contribution in [2.75, 3.05) is 26.7 Å². The zero-order valence-corrected chi connectivity index (χ0v) is 9.34. The SMILES string of the molecule is C#CCN(CCC)C(=O)C(C)CNC. The van der Waals surface area contributed by atoms with Gasteiger partial charge in [-0.3, -0.25) is 4.79 Å². The van der Waals surface area contributed by atoms with Crippen molar-refractivity contribution in [2.24, 2.45) is 5.92 Å². The predicted molar refractivity (Wildman–Crippen MR) is 58.8 cm³/mol. The first-order valence-corrected chi connectivity index (χ1v) is 5.04.